The normalized spacial score (nSPS) is 15.2. The van der Waals surface area contributed by atoms with E-state index in [4.69, 9.17) is 4.74 Å². The van der Waals surface area contributed by atoms with Gasteiger partial charge in [-0.3, -0.25) is 4.79 Å². The topological polar surface area (TPSA) is 75.7 Å². The fraction of sp³-hybridized carbons (Fsp3) is 0.409. The van der Waals surface area contributed by atoms with Crippen LogP contribution in [0.5, 0.6) is 5.75 Å². The summed E-state index contributed by atoms with van der Waals surface area (Å²) in [6.07, 6.45) is 5.03. The van der Waals surface area contributed by atoms with Crippen molar-refractivity contribution < 1.29 is 22.3 Å². The van der Waals surface area contributed by atoms with Gasteiger partial charge in [0.05, 0.1) is 11.4 Å². The maximum atomic E-state index is 12.9. The number of amides is 1. The Morgan fingerprint density at radius 2 is 1.70 bits per heavy atom. The summed E-state index contributed by atoms with van der Waals surface area (Å²) in [5, 5.41) is 2.72. The van der Waals surface area contributed by atoms with Crippen molar-refractivity contribution in [2.75, 3.05) is 20.2 Å². The first kappa shape index (κ1) is 22.2. The van der Waals surface area contributed by atoms with E-state index < -0.39 is 10.0 Å². The van der Waals surface area contributed by atoms with Gasteiger partial charge in [0.25, 0.3) is 5.91 Å². The maximum Gasteiger partial charge on any atom is 0.251 e. The number of hydrogen-bond donors (Lipinski definition) is 1. The quantitative estimate of drug-likeness (QED) is 0.645. The van der Waals surface area contributed by atoms with Gasteiger partial charge in [-0.15, -0.1) is 0 Å². The molecule has 2 aromatic carbocycles. The molecule has 0 atom stereocenters. The summed E-state index contributed by atoms with van der Waals surface area (Å²) in [7, 11) is -1.95. The minimum atomic E-state index is -3.58. The summed E-state index contributed by atoms with van der Waals surface area (Å²) in [5.41, 5.74) is 0.371. The van der Waals surface area contributed by atoms with Gasteiger partial charge in [0.15, 0.2) is 0 Å². The fourth-order valence-corrected chi connectivity index (χ4v) is 4.97. The van der Waals surface area contributed by atoms with Gasteiger partial charge in [-0.05, 0) is 61.4 Å². The van der Waals surface area contributed by atoms with Crippen LogP contribution in [0.3, 0.4) is 0 Å². The molecule has 0 saturated heterocycles. The Bertz CT molecular complexity index is 940. The van der Waals surface area contributed by atoms with Crippen molar-refractivity contribution in [3.05, 3.63) is 59.9 Å². The van der Waals surface area contributed by atoms with Crippen LogP contribution in [-0.4, -0.2) is 44.9 Å². The van der Waals surface area contributed by atoms with Gasteiger partial charge in [-0.2, -0.15) is 4.31 Å². The molecule has 2 aromatic rings. The lowest BCUT2D eigenvalue weighted by Crippen LogP contribution is -2.38. The summed E-state index contributed by atoms with van der Waals surface area (Å²) in [6, 6.07) is 11.6. The van der Waals surface area contributed by atoms with E-state index in [9.17, 15) is 17.6 Å². The molecule has 30 heavy (non-hydrogen) atoms. The Labute approximate surface area is 177 Å². The summed E-state index contributed by atoms with van der Waals surface area (Å²) < 4.78 is 45.5. The Hall–Kier alpha value is -2.45. The number of nitrogens with one attached hydrogen (secondary N) is 1. The molecule has 3 rings (SSSR count). The van der Waals surface area contributed by atoms with Crippen LogP contribution in [0.2, 0.25) is 0 Å². The van der Waals surface area contributed by atoms with Crippen LogP contribution in [0.15, 0.2) is 53.4 Å². The lowest BCUT2D eigenvalue weighted by molar-refractivity contribution is 0.0947. The van der Waals surface area contributed by atoms with Crippen molar-refractivity contribution in [2.45, 2.75) is 43.0 Å². The van der Waals surface area contributed by atoms with Crippen molar-refractivity contribution in [2.24, 2.45) is 0 Å². The molecule has 1 amide bonds. The third kappa shape index (κ3) is 5.58. The molecular weight excluding hydrogens is 407 g/mol. The van der Waals surface area contributed by atoms with E-state index in [0.717, 1.165) is 32.1 Å². The number of benzene rings is 2. The van der Waals surface area contributed by atoms with Crippen LogP contribution in [0, 0.1) is 5.82 Å². The number of ether oxygens (including phenoxy) is 1. The molecule has 1 N–H and O–H groups in total. The van der Waals surface area contributed by atoms with Gasteiger partial charge in [-0.25, -0.2) is 12.8 Å². The Morgan fingerprint density at radius 3 is 2.33 bits per heavy atom. The van der Waals surface area contributed by atoms with Crippen LogP contribution >= 0.6 is 0 Å². The van der Waals surface area contributed by atoms with E-state index in [-0.39, 0.29) is 35.8 Å². The molecule has 0 bridgehead atoms. The lowest BCUT2D eigenvalue weighted by atomic mass is 9.96. The summed E-state index contributed by atoms with van der Waals surface area (Å²) in [6.45, 7) is 0.497. The maximum absolute atomic E-state index is 12.9. The highest BCUT2D eigenvalue weighted by atomic mass is 32.2. The third-order valence-corrected chi connectivity index (χ3v) is 7.28. The zero-order valence-corrected chi connectivity index (χ0v) is 17.8. The van der Waals surface area contributed by atoms with E-state index >= 15 is 0 Å². The molecule has 1 aliphatic rings. The van der Waals surface area contributed by atoms with Crippen molar-refractivity contribution in [1.82, 2.24) is 9.62 Å². The Kier molecular flexibility index (Phi) is 7.44. The minimum Gasteiger partial charge on any atom is -0.492 e. The van der Waals surface area contributed by atoms with Crippen LogP contribution < -0.4 is 10.1 Å². The van der Waals surface area contributed by atoms with E-state index in [1.165, 1.54) is 52.8 Å². The second-order valence-corrected chi connectivity index (χ2v) is 9.39. The largest absolute Gasteiger partial charge is 0.492 e. The number of rotatable bonds is 8. The zero-order chi connectivity index (χ0) is 21.6. The summed E-state index contributed by atoms with van der Waals surface area (Å²) >= 11 is 0. The average Bonchev–Trinajstić information content (AvgIpc) is 2.78. The lowest BCUT2D eigenvalue weighted by Gasteiger charge is -2.30. The van der Waals surface area contributed by atoms with Crippen LogP contribution in [0.25, 0.3) is 0 Å². The predicted octanol–water partition coefficient (Wildman–Crippen LogP) is 3.59. The first-order valence-corrected chi connectivity index (χ1v) is 11.6. The molecule has 0 aliphatic heterocycles. The monoisotopic (exact) mass is 434 g/mol. The highest BCUT2D eigenvalue weighted by Gasteiger charge is 2.29. The van der Waals surface area contributed by atoms with Gasteiger partial charge in [0.2, 0.25) is 10.0 Å². The second kappa shape index (κ2) is 10.0. The average molecular weight is 435 g/mol. The minimum absolute atomic E-state index is 0.0350. The van der Waals surface area contributed by atoms with Gasteiger partial charge < -0.3 is 10.1 Å². The van der Waals surface area contributed by atoms with Gasteiger partial charge in [0.1, 0.15) is 18.2 Å². The van der Waals surface area contributed by atoms with Gasteiger partial charge in [-0.1, -0.05) is 19.3 Å². The zero-order valence-electron chi connectivity index (χ0n) is 17.0. The van der Waals surface area contributed by atoms with E-state index in [1.807, 2.05) is 0 Å². The predicted molar refractivity (Wildman–Crippen MR) is 112 cm³/mol. The number of sulfonamides is 1. The molecule has 162 valence electrons. The van der Waals surface area contributed by atoms with Crippen molar-refractivity contribution in [3.8, 4) is 5.75 Å². The molecule has 0 unspecified atom stereocenters. The van der Waals surface area contributed by atoms with Crippen LogP contribution in [0.4, 0.5) is 4.39 Å². The molecule has 1 fully saturated rings. The molecule has 0 aromatic heterocycles. The first-order chi connectivity index (χ1) is 14.4. The summed E-state index contributed by atoms with van der Waals surface area (Å²) in [5.74, 6) is -0.143. The van der Waals surface area contributed by atoms with E-state index in [0.29, 0.717) is 11.3 Å². The Balaban J connectivity index is 1.52. The van der Waals surface area contributed by atoms with Crippen LogP contribution in [0.1, 0.15) is 42.5 Å². The molecule has 1 saturated carbocycles. The van der Waals surface area contributed by atoms with Gasteiger partial charge in [0, 0.05) is 18.7 Å². The van der Waals surface area contributed by atoms with Crippen molar-refractivity contribution >= 4 is 15.9 Å². The first-order valence-electron chi connectivity index (χ1n) is 10.1. The smallest absolute Gasteiger partial charge is 0.251 e. The second-order valence-electron chi connectivity index (χ2n) is 7.40. The molecule has 8 heteroatoms. The van der Waals surface area contributed by atoms with E-state index in [2.05, 4.69) is 5.32 Å². The highest BCUT2D eigenvalue weighted by molar-refractivity contribution is 7.89. The van der Waals surface area contributed by atoms with Crippen molar-refractivity contribution in [1.29, 1.82) is 0 Å². The standard InChI is InChI=1S/C22H27FN2O4S/c1-25(19-5-3-2-4-6-19)30(27,28)21-13-7-17(8-14-21)22(26)24-15-16-29-20-11-9-18(23)10-12-20/h7-14,19H,2-6,15-16H2,1H3,(H,24,26). The fourth-order valence-electron chi connectivity index (χ4n) is 3.55. The van der Waals surface area contributed by atoms with Crippen LogP contribution in [-0.2, 0) is 10.0 Å². The molecule has 0 spiro atoms. The Morgan fingerprint density at radius 1 is 1.07 bits per heavy atom. The number of carbonyl (C=O) groups excluding carboxylic acids is 1. The molecular formula is C22H27FN2O4S. The number of hydrogen-bond acceptors (Lipinski definition) is 4. The van der Waals surface area contributed by atoms with E-state index in [1.54, 1.807) is 7.05 Å². The molecule has 6 nitrogen and oxygen atoms in total. The third-order valence-electron chi connectivity index (χ3n) is 5.35. The summed E-state index contributed by atoms with van der Waals surface area (Å²) in [4.78, 5) is 12.5. The number of nitrogens with zero attached hydrogens (tertiary/aromatic N) is 1. The van der Waals surface area contributed by atoms with Crippen molar-refractivity contribution in [3.63, 3.8) is 0 Å². The highest BCUT2D eigenvalue weighted by Crippen LogP contribution is 2.26. The SMILES string of the molecule is CN(C1CCCCC1)S(=O)(=O)c1ccc(C(=O)NCCOc2ccc(F)cc2)cc1. The molecule has 0 heterocycles. The molecule has 1 aliphatic carbocycles. The molecule has 0 radical (unpaired) electrons. The van der Waals surface area contributed by atoms with Gasteiger partial charge >= 0.3 is 0 Å². The number of carbonyl (C=O) groups is 1. The number of halogens is 1.